The first-order valence-electron chi connectivity index (χ1n) is 4.06. The van der Waals surface area contributed by atoms with Gasteiger partial charge in [-0.1, -0.05) is 11.3 Å². The van der Waals surface area contributed by atoms with Gasteiger partial charge in [0.15, 0.2) is 5.13 Å². The van der Waals surface area contributed by atoms with Crippen LogP contribution in [-0.2, 0) is 0 Å². The van der Waals surface area contributed by atoms with E-state index < -0.39 is 5.56 Å². The number of anilines is 1. The van der Waals surface area contributed by atoms with Crippen molar-refractivity contribution in [3.63, 3.8) is 0 Å². The Labute approximate surface area is 88.8 Å². The van der Waals surface area contributed by atoms with E-state index in [9.17, 15) is 4.79 Å². The van der Waals surface area contributed by atoms with Crippen molar-refractivity contribution in [2.45, 2.75) is 0 Å². The summed E-state index contributed by atoms with van der Waals surface area (Å²) in [4.78, 5) is 18.6. The molecule has 0 atom stereocenters. The fourth-order valence-electron chi connectivity index (χ4n) is 1.12. The highest BCUT2D eigenvalue weighted by Crippen LogP contribution is 2.24. The molecule has 2 heterocycles. The highest BCUT2D eigenvalue weighted by Gasteiger charge is 2.05. The number of nitrogens with two attached hydrogens (primary N) is 1. The summed E-state index contributed by atoms with van der Waals surface area (Å²) in [6.07, 6.45) is 1.58. The number of nitrogens with one attached hydrogen (secondary N) is 1. The number of H-pyrrole nitrogens is 1. The van der Waals surface area contributed by atoms with Crippen LogP contribution in [0.25, 0.3) is 10.6 Å². The van der Waals surface area contributed by atoms with Crippen LogP contribution in [0.3, 0.4) is 0 Å². The van der Waals surface area contributed by atoms with Gasteiger partial charge in [-0.2, -0.15) is 5.26 Å². The van der Waals surface area contributed by atoms with E-state index in [2.05, 4.69) is 9.97 Å². The van der Waals surface area contributed by atoms with Gasteiger partial charge in [-0.05, 0) is 12.1 Å². The standard InChI is InChI=1S/C9H6N4OS/c10-3-5-1-2-6(13-8(5)14)7-4-12-9(11)15-7/h1-2,4H,(H2,11,12)(H,13,14). The van der Waals surface area contributed by atoms with Crippen molar-refractivity contribution in [1.82, 2.24) is 9.97 Å². The molecule has 2 aromatic rings. The van der Waals surface area contributed by atoms with Gasteiger partial charge in [-0.3, -0.25) is 4.79 Å². The minimum absolute atomic E-state index is 0.0937. The maximum Gasteiger partial charge on any atom is 0.266 e. The van der Waals surface area contributed by atoms with Gasteiger partial charge in [0.2, 0.25) is 0 Å². The van der Waals surface area contributed by atoms with E-state index in [0.717, 1.165) is 4.88 Å². The van der Waals surface area contributed by atoms with E-state index in [0.29, 0.717) is 10.8 Å². The maximum absolute atomic E-state index is 11.3. The molecule has 3 N–H and O–H groups in total. The molecule has 2 aromatic heterocycles. The molecule has 5 nitrogen and oxygen atoms in total. The number of hydrogen-bond donors (Lipinski definition) is 2. The Hall–Kier alpha value is -2.13. The Bertz CT molecular complexity index is 593. The summed E-state index contributed by atoms with van der Waals surface area (Å²) in [6.45, 7) is 0. The monoisotopic (exact) mass is 218 g/mol. The summed E-state index contributed by atoms with van der Waals surface area (Å²) in [5.41, 5.74) is 5.78. The zero-order valence-electron chi connectivity index (χ0n) is 7.52. The molecular formula is C9H6N4OS. The van der Waals surface area contributed by atoms with Crippen LogP contribution in [-0.4, -0.2) is 9.97 Å². The van der Waals surface area contributed by atoms with Crippen LogP contribution in [0.15, 0.2) is 23.1 Å². The third-order valence-corrected chi connectivity index (χ3v) is 2.68. The molecule has 0 spiro atoms. The molecule has 0 saturated heterocycles. The summed E-state index contributed by atoms with van der Waals surface area (Å²) in [7, 11) is 0. The highest BCUT2D eigenvalue weighted by molar-refractivity contribution is 7.18. The number of hydrogen-bond acceptors (Lipinski definition) is 5. The van der Waals surface area contributed by atoms with Crippen molar-refractivity contribution in [2.24, 2.45) is 0 Å². The molecule has 0 radical (unpaired) electrons. The van der Waals surface area contributed by atoms with E-state index >= 15 is 0 Å². The van der Waals surface area contributed by atoms with Gasteiger partial charge in [0.1, 0.15) is 11.6 Å². The summed E-state index contributed by atoms with van der Waals surface area (Å²) < 4.78 is 0. The van der Waals surface area contributed by atoms with E-state index in [4.69, 9.17) is 11.0 Å². The number of aromatic nitrogens is 2. The zero-order chi connectivity index (χ0) is 10.8. The summed E-state index contributed by atoms with van der Waals surface area (Å²) >= 11 is 1.28. The predicted molar refractivity (Wildman–Crippen MR) is 57.3 cm³/mol. The Kier molecular flexibility index (Phi) is 2.23. The normalized spacial score (nSPS) is 9.80. The van der Waals surface area contributed by atoms with Crippen LogP contribution in [0.5, 0.6) is 0 Å². The lowest BCUT2D eigenvalue weighted by atomic mass is 10.2. The van der Waals surface area contributed by atoms with E-state index in [1.165, 1.54) is 17.4 Å². The smallest absolute Gasteiger partial charge is 0.266 e. The van der Waals surface area contributed by atoms with Crippen molar-refractivity contribution < 1.29 is 0 Å². The maximum atomic E-state index is 11.3. The molecule has 0 bridgehead atoms. The van der Waals surface area contributed by atoms with Crippen LogP contribution in [0.1, 0.15) is 5.56 Å². The number of nitrogens with zero attached hydrogens (tertiary/aromatic N) is 2. The van der Waals surface area contributed by atoms with Gasteiger partial charge in [0.05, 0.1) is 10.6 Å². The highest BCUT2D eigenvalue weighted by atomic mass is 32.1. The lowest BCUT2D eigenvalue weighted by Gasteiger charge is -1.95. The second-order valence-corrected chi connectivity index (χ2v) is 3.85. The third kappa shape index (κ3) is 1.73. The first kappa shape index (κ1) is 9.43. The predicted octanol–water partition coefficient (Wildman–Crippen LogP) is 0.952. The molecule has 0 amide bonds. The first-order chi connectivity index (χ1) is 7.20. The molecule has 0 saturated carbocycles. The Morgan fingerprint density at radius 3 is 2.87 bits per heavy atom. The van der Waals surface area contributed by atoms with Crippen LogP contribution in [0, 0.1) is 11.3 Å². The number of rotatable bonds is 1. The quantitative estimate of drug-likeness (QED) is 0.744. The number of nitriles is 1. The second-order valence-electron chi connectivity index (χ2n) is 2.79. The van der Waals surface area contributed by atoms with Crippen molar-refractivity contribution >= 4 is 16.5 Å². The molecular weight excluding hydrogens is 212 g/mol. The molecule has 0 aromatic carbocycles. The van der Waals surface area contributed by atoms with Crippen LogP contribution in [0.4, 0.5) is 5.13 Å². The lowest BCUT2D eigenvalue weighted by Crippen LogP contribution is -2.09. The van der Waals surface area contributed by atoms with Gasteiger partial charge in [-0.15, -0.1) is 0 Å². The van der Waals surface area contributed by atoms with Crippen molar-refractivity contribution in [3.8, 4) is 16.6 Å². The van der Waals surface area contributed by atoms with E-state index in [1.54, 1.807) is 18.3 Å². The van der Waals surface area contributed by atoms with Gasteiger partial charge in [0.25, 0.3) is 5.56 Å². The van der Waals surface area contributed by atoms with Gasteiger partial charge < -0.3 is 10.7 Å². The summed E-state index contributed by atoms with van der Waals surface area (Å²) in [6, 6.07) is 4.93. The van der Waals surface area contributed by atoms with Crippen LogP contribution < -0.4 is 11.3 Å². The first-order valence-corrected chi connectivity index (χ1v) is 4.87. The second kappa shape index (κ2) is 3.55. The van der Waals surface area contributed by atoms with Crippen molar-refractivity contribution in [1.29, 1.82) is 5.26 Å². The van der Waals surface area contributed by atoms with Crippen LogP contribution >= 0.6 is 11.3 Å². The SMILES string of the molecule is N#Cc1ccc(-c2cnc(N)s2)[nH]c1=O. The fourth-order valence-corrected chi connectivity index (χ4v) is 1.78. The molecule has 0 unspecified atom stereocenters. The molecule has 15 heavy (non-hydrogen) atoms. The minimum Gasteiger partial charge on any atom is -0.375 e. The Morgan fingerprint density at radius 1 is 1.53 bits per heavy atom. The zero-order valence-corrected chi connectivity index (χ0v) is 8.34. The molecule has 0 aliphatic carbocycles. The molecule has 6 heteroatoms. The topological polar surface area (TPSA) is 95.6 Å². The Morgan fingerprint density at radius 2 is 2.33 bits per heavy atom. The average Bonchev–Trinajstić information content (AvgIpc) is 2.65. The minimum atomic E-state index is -0.401. The van der Waals surface area contributed by atoms with Crippen molar-refractivity contribution in [2.75, 3.05) is 5.73 Å². The van der Waals surface area contributed by atoms with Gasteiger partial charge in [0, 0.05) is 6.20 Å². The summed E-state index contributed by atoms with van der Waals surface area (Å²) in [5.74, 6) is 0. The van der Waals surface area contributed by atoms with Gasteiger partial charge in [-0.25, -0.2) is 4.98 Å². The number of pyridine rings is 1. The Balaban J connectivity index is 2.53. The van der Waals surface area contributed by atoms with Crippen molar-refractivity contribution in [3.05, 3.63) is 34.2 Å². The van der Waals surface area contributed by atoms with E-state index in [1.807, 2.05) is 0 Å². The summed E-state index contributed by atoms with van der Waals surface area (Å²) in [5, 5.41) is 9.02. The lowest BCUT2D eigenvalue weighted by molar-refractivity contribution is 1.22. The number of thiazole rings is 1. The molecule has 0 aliphatic rings. The fraction of sp³-hybridized carbons (Fsp3) is 0. The molecule has 2 rings (SSSR count). The van der Waals surface area contributed by atoms with Gasteiger partial charge >= 0.3 is 0 Å². The number of aromatic amines is 1. The third-order valence-electron chi connectivity index (χ3n) is 1.82. The van der Waals surface area contributed by atoms with Crippen LogP contribution in [0.2, 0.25) is 0 Å². The number of nitrogen functional groups attached to an aromatic ring is 1. The largest absolute Gasteiger partial charge is 0.375 e. The molecule has 74 valence electrons. The molecule has 0 fully saturated rings. The van der Waals surface area contributed by atoms with E-state index in [-0.39, 0.29) is 5.56 Å². The molecule has 0 aliphatic heterocycles. The average molecular weight is 218 g/mol.